The van der Waals surface area contributed by atoms with E-state index in [-0.39, 0.29) is 18.1 Å². The van der Waals surface area contributed by atoms with Crippen molar-refractivity contribution in [2.24, 2.45) is 0 Å². The molecule has 2 saturated heterocycles. The van der Waals surface area contributed by atoms with E-state index >= 15 is 0 Å². The zero-order valence-corrected chi connectivity index (χ0v) is 16.1. The fourth-order valence-electron chi connectivity index (χ4n) is 5.11. The van der Waals surface area contributed by atoms with Gasteiger partial charge in [-0.1, -0.05) is 6.07 Å². The molecule has 0 radical (unpaired) electrons. The average Bonchev–Trinajstić information content (AvgIpc) is 3.24. The number of aliphatic carboxylic acids is 1. The van der Waals surface area contributed by atoms with Gasteiger partial charge in [0.05, 0.1) is 20.8 Å². The third-order valence-electron chi connectivity index (χ3n) is 6.63. The minimum atomic E-state index is -0.955. The van der Waals surface area contributed by atoms with Gasteiger partial charge >= 0.3 is 5.97 Å². The lowest BCUT2D eigenvalue weighted by Crippen LogP contribution is -2.53. The van der Waals surface area contributed by atoms with Gasteiger partial charge in [-0.05, 0) is 44.1 Å². The molecule has 3 aliphatic rings. The van der Waals surface area contributed by atoms with E-state index in [0.717, 1.165) is 30.9 Å². The third-order valence-corrected chi connectivity index (χ3v) is 6.63. The van der Waals surface area contributed by atoms with Crippen LogP contribution in [-0.2, 0) is 19.7 Å². The van der Waals surface area contributed by atoms with E-state index in [1.807, 2.05) is 6.07 Å². The normalized spacial score (nSPS) is 36.0. The molecule has 0 aromatic heterocycles. The maximum atomic E-state index is 11.3. The van der Waals surface area contributed by atoms with E-state index in [0.29, 0.717) is 12.8 Å². The summed E-state index contributed by atoms with van der Waals surface area (Å²) in [4.78, 5) is 13.6. The van der Waals surface area contributed by atoms with Crippen molar-refractivity contribution < 1.29 is 28.8 Å². The predicted octanol–water partition coefficient (Wildman–Crippen LogP) is 2.03. The van der Waals surface area contributed by atoms with Crippen LogP contribution in [-0.4, -0.2) is 68.3 Å². The number of fused-ring (bicyclic) bond motifs is 1. The van der Waals surface area contributed by atoms with E-state index in [1.54, 1.807) is 14.2 Å². The van der Waals surface area contributed by atoms with Crippen molar-refractivity contribution in [3.63, 3.8) is 0 Å². The molecule has 7 nitrogen and oxygen atoms in total. The average molecular weight is 377 g/mol. The summed E-state index contributed by atoms with van der Waals surface area (Å²) in [5.41, 5.74) is 1.21. The topological polar surface area (TPSA) is 77.5 Å². The molecule has 1 aliphatic carbocycles. The number of carboxylic acid groups (broad SMARTS) is 1. The number of nitrogens with zero attached hydrogens (tertiary/aromatic N) is 1. The second-order valence-corrected chi connectivity index (χ2v) is 7.84. The molecule has 2 unspecified atom stereocenters. The number of ether oxygens (including phenoxy) is 4. The molecule has 2 heterocycles. The first kappa shape index (κ1) is 18.5. The minimum Gasteiger partial charge on any atom is -0.493 e. The lowest BCUT2D eigenvalue weighted by atomic mass is 9.64. The van der Waals surface area contributed by atoms with Gasteiger partial charge in [0.1, 0.15) is 0 Å². The maximum Gasteiger partial charge on any atom is 0.335 e. The molecule has 0 amide bonds. The van der Waals surface area contributed by atoms with Crippen LogP contribution in [0.25, 0.3) is 0 Å². The van der Waals surface area contributed by atoms with Gasteiger partial charge in [-0.2, -0.15) is 0 Å². The first-order chi connectivity index (χ1) is 12.9. The van der Waals surface area contributed by atoms with Crippen LogP contribution in [0.15, 0.2) is 18.2 Å². The van der Waals surface area contributed by atoms with Crippen LogP contribution in [0.3, 0.4) is 0 Å². The number of hydrogen-bond donors (Lipinski definition) is 1. The monoisotopic (exact) mass is 377 g/mol. The van der Waals surface area contributed by atoms with Crippen LogP contribution in [0.1, 0.15) is 31.2 Å². The van der Waals surface area contributed by atoms with Gasteiger partial charge in [0.25, 0.3) is 0 Å². The first-order valence-electron chi connectivity index (χ1n) is 9.40. The number of rotatable bonds is 4. The van der Waals surface area contributed by atoms with E-state index in [4.69, 9.17) is 18.9 Å². The van der Waals surface area contributed by atoms with Crippen LogP contribution >= 0.6 is 0 Å². The van der Waals surface area contributed by atoms with Gasteiger partial charge < -0.3 is 29.0 Å². The Balaban J connectivity index is 1.65. The fraction of sp³-hybridized carbons (Fsp3) is 0.650. The highest BCUT2D eigenvalue weighted by atomic mass is 16.8. The van der Waals surface area contributed by atoms with Crippen molar-refractivity contribution in [3.8, 4) is 11.5 Å². The second-order valence-electron chi connectivity index (χ2n) is 7.84. The van der Waals surface area contributed by atoms with Gasteiger partial charge in [0.2, 0.25) is 0 Å². The van der Waals surface area contributed by atoms with E-state index in [9.17, 15) is 9.90 Å². The van der Waals surface area contributed by atoms with Crippen LogP contribution in [0.4, 0.5) is 0 Å². The molecule has 1 aromatic carbocycles. The van der Waals surface area contributed by atoms with Crippen molar-refractivity contribution in [2.45, 2.75) is 49.0 Å². The van der Waals surface area contributed by atoms with Crippen molar-refractivity contribution in [3.05, 3.63) is 23.8 Å². The summed E-state index contributed by atoms with van der Waals surface area (Å²) in [5, 5.41) is 9.26. The second kappa shape index (κ2) is 6.65. The number of likely N-dealkylation sites (tertiary alicyclic amines) is 1. The molecule has 3 fully saturated rings. The lowest BCUT2D eigenvalue weighted by Gasteiger charge is -2.48. The standard InChI is InChI=1S/C20H27NO6/c1-21-9-8-19(13-4-5-14(24-2)15(10-13)25-3)6-7-20(11-17(19)21)26-12-16(27-20)18(22)23/h4-5,10,16-17H,6-9,11-12H2,1-3H3,(H,22,23)/t16?,17-,19-,20?/m0/s1. The molecule has 148 valence electrons. The number of hydrogen-bond acceptors (Lipinski definition) is 6. The fourth-order valence-corrected chi connectivity index (χ4v) is 5.11. The zero-order valence-electron chi connectivity index (χ0n) is 16.1. The van der Waals surface area contributed by atoms with Gasteiger partial charge in [-0.25, -0.2) is 4.79 Å². The molecular formula is C20H27NO6. The van der Waals surface area contributed by atoms with Crippen LogP contribution in [0.5, 0.6) is 11.5 Å². The minimum absolute atomic E-state index is 0.0203. The van der Waals surface area contributed by atoms with E-state index in [2.05, 4.69) is 24.1 Å². The van der Waals surface area contributed by atoms with Crippen LogP contribution in [0, 0.1) is 0 Å². The molecule has 1 aromatic rings. The summed E-state index contributed by atoms with van der Waals surface area (Å²) in [5.74, 6) is -0.285. The molecule has 2 aliphatic heterocycles. The molecule has 1 spiro atoms. The molecule has 1 N–H and O–H groups in total. The highest BCUT2D eigenvalue weighted by Crippen LogP contribution is 2.54. The number of benzene rings is 1. The highest BCUT2D eigenvalue weighted by Gasteiger charge is 2.58. The SMILES string of the molecule is COc1ccc([C@]23CCN(C)[C@H]2CC2(CC3)OCC(C(=O)O)O2)cc1OC. The summed E-state index contributed by atoms with van der Waals surface area (Å²) < 4.78 is 22.7. The summed E-state index contributed by atoms with van der Waals surface area (Å²) in [7, 11) is 5.41. The van der Waals surface area contributed by atoms with Crippen LogP contribution in [0.2, 0.25) is 0 Å². The Bertz CT molecular complexity index is 739. The van der Waals surface area contributed by atoms with E-state index < -0.39 is 17.9 Å². The molecule has 7 heteroatoms. The molecule has 4 rings (SSSR count). The molecule has 1 saturated carbocycles. The number of likely N-dealkylation sites (N-methyl/N-ethyl adjacent to an activating group) is 1. The largest absolute Gasteiger partial charge is 0.493 e. The summed E-state index contributed by atoms with van der Waals surface area (Å²) in [6, 6.07) is 6.39. The quantitative estimate of drug-likeness (QED) is 0.860. The van der Waals surface area contributed by atoms with Crippen molar-refractivity contribution in [1.29, 1.82) is 0 Å². The number of carboxylic acids is 1. The Morgan fingerprint density at radius 1 is 1.22 bits per heavy atom. The van der Waals surface area contributed by atoms with Gasteiger partial charge in [-0.15, -0.1) is 0 Å². The first-order valence-corrected chi connectivity index (χ1v) is 9.40. The molecule has 4 atom stereocenters. The van der Waals surface area contributed by atoms with Crippen molar-refractivity contribution >= 4 is 5.97 Å². The predicted molar refractivity (Wildman–Crippen MR) is 97.3 cm³/mol. The van der Waals surface area contributed by atoms with Crippen LogP contribution < -0.4 is 9.47 Å². The Hall–Kier alpha value is -1.83. The third kappa shape index (κ3) is 2.88. The summed E-state index contributed by atoms with van der Waals surface area (Å²) in [6.45, 7) is 1.10. The van der Waals surface area contributed by atoms with Gasteiger partial charge in [-0.3, -0.25) is 0 Å². The van der Waals surface area contributed by atoms with E-state index in [1.165, 1.54) is 5.56 Å². The smallest absolute Gasteiger partial charge is 0.335 e. The van der Waals surface area contributed by atoms with Crippen molar-refractivity contribution in [1.82, 2.24) is 4.90 Å². The zero-order chi connectivity index (χ0) is 19.2. The summed E-state index contributed by atoms with van der Waals surface area (Å²) in [6.07, 6.45) is 2.41. The molecular weight excluding hydrogens is 350 g/mol. The van der Waals surface area contributed by atoms with Crippen molar-refractivity contribution in [2.75, 3.05) is 34.4 Å². The lowest BCUT2D eigenvalue weighted by molar-refractivity contribution is -0.207. The summed E-state index contributed by atoms with van der Waals surface area (Å²) >= 11 is 0. The van der Waals surface area contributed by atoms with Gasteiger partial charge in [0.15, 0.2) is 23.4 Å². The van der Waals surface area contributed by atoms with Gasteiger partial charge in [0, 0.05) is 24.3 Å². The maximum absolute atomic E-state index is 11.3. The Labute approximate surface area is 159 Å². The number of carbonyl (C=O) groups is 1. The number of methoxy groups -OCH3 is 2. The Kier molecular flexibility index (Phi) is 4.56. The highest BCUT2D eigenvalue weighted by molar-refractivity contribution is 5.72. The Morgan fingerprint density at radius 3 is 2.67 bits per heavy atom. The Morgan fingerprint density at radius 2 is 2.00 bits per heavy atom. The molecule has 0 bridgehead atoms. The molecule has 27 heavy (non-hydrogen) atoms.